The molecule has 10 heteroatoms. The summed E-state index contributed by atoms with van der Waals surface area (Å²) in [6.45, 7) is 0.416. The number of ether oxygens (including phenoxy) is 2. The fourth-order valence-corrected chi connectivity index (χ4v) is 3.53. The standard InChI is InChI=1S/C20H16N4O6/c25-17-7-12(9-24(17)14-4-5-15-16(8-14)29-10-28-15)19(26)21-13-3-1-2-11(6-13)18-22-20(27)30-23-18/h1-6,8,12H,7,9-10H2,(H,21,26)(H,22,23,27). The Bertz CT molecular complexity index is 1200. The summed E-state index contributed by atoms with van der Waals surface area (Å²) in [6, 6.07) is 12.1. The van der Waals surface area contributed by atoms with E-state index in [1.165, 1.54) is 0 Å². The summed E-state index contributed by atoms with van der Waals surface area (Å²) < 4.78 is 15.2. The summed E-state index contributed by atoms with van der Waals surface area (Å²) >= 11 is 0. The molecule has 2 aromatic carbocycles. The highest BCUT2D eigenvalue weighted by molar-refractivity contribution is 6.03. The molecule has 0 bridgehead atoms. The second-order valence-corrected chi connectivity index (χ2v) is 6.96. The monoisotopic (exact) mass is 408 g/mol. The first-order valence-corrected chi connectivity index (χ1v) is 9.24. The Hall–Kier alpha value is -4.08. The molecule has 0 saturated carbocycles. The molecule has 2 N–H and O–H groups in total. The van der Waals surface area contributed by atoms with E-state index in [0.29, 0.717) is 28.4 Å². The van der Waals surface area contributed by atoms with Gasteiger partial charge in [-0.1, -0.05) is 17.3 Å². The lowest BCUT2D eigenvalue weighted by Gasteiger charge is -2.17. The van der Waals surface area contributed by atoms with Gasteiger partial charge in [-0.2, -0.15) is 0 Å². The molecule has 10 nitrogen and oxygen atoms in total. The van der Waals surface area contributed by atoms with Crippen molar-refractivity contribution in [1.82, 2.24) is 10.1 Å². The van der Waals surface area contributed by atoms with Crippen molar-refractivity contribution >= 4 is 23.2 Å². The van der Waals surface area contributed by atoms with E-state index in [2.05, 4.69) is 20.0 Å². The van der Waals surface area contributed by atoms with Crippen LogP contribution in [0.15, 0.2) is 51.8 Å². The van der Waals surface area contributed by atoms with Crippen LogP contribution in [0, 0.1) is 5.92 Å². The minimum atomic E-state index is -0.660. The number of H-pyrrole nitrogens is 1. The van der Waals surface area contributed by atoms with Gasteiger partial charge in [0.25, 0.3) is 0 Å². The number of anilines is 2. The van der Waals surface area contributed by atoms with Crippen LogP contribution in [0.3, 0.4) is 0 Å². The summed E-state index contributed by atoms with van der Waals surface area (Å²) in [7, 11) is 0. The second kappa shape index (κ2) is 7.07. The van der Waals surface area contributed by atoms with E-state index in [1.807, 2.05) is 0 Å². The molecular weight excluding hydrogens is 392 g/mol. The molecule has 1 atom stereocenters. The van der Waals surface area contributed by atoms with E-state index in [1.54, 1.807) is 47.4 Å². The van der Waals surface area contributed by atoms with Crippen LogP contribution in [-0.2, 0) is 9.59 Å². The molecule has 3 heterocycles. The van der Waals surface area contributed by atoms with Crippen molar-refractivity contribution in [2.45, 2.75) is 6.42 Å². The largest absolute Gasteiger partial charge is 0.454 e. The average Bonchev–Trinajstić information content (AvgIpc) is 3.47. The van der Waals surface area contributed by atoms with Gasteiger partial charge in [0.1, 0.15) is 0 Å². The SMILES string of the molecule is O=C(Nc1cccc(-c2noc(=O)[nH]2)c1)C1CC(=O)N(c2ccc3c(c2)OCO3)C1. The first-order valence-electron chi connectivity index (χ1n) is 9.24. The Labute approximate surface area is 169 Å². The molecule has 2 aliphatic rings. The summed E-state index contributed by atoms with van der Waals surface area (Å²) in [4.78, 5) is 40.4. The third-order valence-corrected chi connectivity index (χ3v) is 5.01. The first kappa shape index (κ1) is 18.0. The van der Waals surface area contributed by atoms with Crippen LogP contribution in [0.2, 0.25) is 0 Å². The van der Waals surface area contributed by atoms with Gasteiger partial charge in [0.15, 0.2) is 17.3 Å². The Morgan fingerprint density at radius 3 is 2.83 bits per heavy atom. The quantitative estimate of drug-likeness (QED) is 0.673. The smallest absolute Gasteiger partial charge is 0.439 e. The number of aromatic nitrogens is 2. The van der Waals surface area contributed by atoms with Crippen LogP contribution in [0.5, 0.6) is 11.5 Å². The molecule has 152 valence electrons. The number of aromatic amines is 1. The summed E-state index contributed by atoms with van der Waals surface area (Å²) in [6.07, 6.45) is 0.108. The van der Waals surface area contributed by atoms with E-state index >= 15 is 0 Å². The van der Waals surface area contributed by atoms with Crippen molar-refractivity contribution in [3.63, 3.8) is 0 Å². The number of carbonyl (C=O) groups excluding carboxylic acids is 2. The van der Waals surface area contributed by atoms with E-state index in [-0.39, 0.29) is 37.4 Å². The van der Waals surface area contributed by atoms with E-state index in [9.17, 15) is 14.4 Å². The Morgan fingerprint density at radius 1 is 1.13 bits per heavy atom. The molecular formula is C20H16N4O6. The third-order valence-electron chi connectivity index (χ3n) is 5.01. The lowest BCUT2D eigenvalue weighted by atomic mass is 10.1. The number of fused-ring (bicyclic) bond motifs is 1. The zero-order valence-electron chi connectivity index (χ0n) is 15.6. The Morgan fingerprint density at radius 2 is 2.00 bits per heavy atom. The van der Waals surface area contributed by atoms with E-state index in [4.69, 9.17) is 9.47 Å². The molecule has 1 fully saturated rings. The molecule has 30 heavy (non-hydrogen) atoms. The molecule has 1 aromatic heterocycles. The number of amides is 2. The number of hydrogen-bond donors (Lipinski definition) is 2. The van der Waals surface area contributed by atoms with Gasteiger partial charge in [-0.15, -0.1) is 0 Å². The van der Waals surface area contributed by atoms with Crippen molar-refractivity contribution in [2.75, 3.05) is 23.6 Å². The number of carbonyl (C=O) groups is 2. The second-order valence-electron chi connectivity index (χ2n) is 6.96. The maximum atomic E-state index is 12.7. The zero-order chi connectivity index (χ0) is 20.7. The van der Waals surface area contributed by atoms with Gasteiger partial charge in [-0.05, 0) is 24.3 Å². The highest BCUT2D eigenvalue weighted by Gasteiger charge is 2.35. The van der Waals surface area contributed by atoms with Crippen molar-refractivity contribution in [3.8, 4) is 22.9 Å². The lowest BCUT2D eigenvalue weighted by Crippen LogP contribution is -2.28. The molecule has 1 unspecified atom stereocenters. The van der Waals surface area contributed by atoms with Crippen molar-refractivity contribution in [1.29, 1.82) is 0 Å². The minimum absolute atomic E-state index is 0.108. The van der Waals surface area contributed by atoms with Crippen molar-refractivity contribution < 1.29 is 23.6 Å². The average molecular weight is 408 g/mol. The van der Waals surface area contributed by atoms with Gasteiger partial charge in [0, 0.05) is 36.0 Å². The highest BCUT2D eigenvalue weighted by atomic mass is 16.7. The van der Waals surface area contributed by atoms with Crippen LogP contribution >= 0.6 is 0 Å². The predicted molar refractivity (Wildman–Crippen MR) is 104 cm³/mol. The highest BCUT2D eigenvalue weighted by Crippen LogP contribution is 2.37. The van der Waals surface area contributed by atoms with Gasteiger partial charge in [-0.3, -0.25) is 19.1 Å². The summed E-state index contributed by atoms with van der Waals surface area (Å²) in [5, 5.41) is 6.46. The van der Waals surface area contributed by atoms with Crippen LogP contribution in [0.1, 0.15) is 6.42 Å². The van der Waals surface area contributed by atoms with Gasteiger partial charge < -0.3 is 19.7 Å². The van der Waals surface area contributed by atoms with Gasteiger partial charge >= 0.3 is 5.76 Å². The molecule has 3 aromatic rings. The Balaban J connectivity index is 1.29. The lowest BCUT2D eigenvalue weighted by molar-refractivity contribution is -0.122. The topological polar surface area (TPSA) is 127 Å². The maximum absolute atomic E-state index is 12.7. The van der Waals surface area contributed by atoms with Crippen molar-refractivity contribution in [3.05, 3.63) is 53.0 Å². The third kappa shape index (κ3) is 3.28. The normalized spacial score (nSPS) is 17.4. The van der Waals surface area contributed by atoms with Crippen LogP contribution in [0.4, 0.5) is 11.4 Å². The number of benzene rings is 2. The molecule has 2 aliphatic heterocycles. The van der Waals surface area contributed by atoms with Crippen LogP contribution < -0.4 is 25.4 Å². The van der Waals surface area contributed by atoms with Gasteiger partial charge in [-0.25, -0.2) is 4.79 Å². The van der Waals surface area contributed by atoms with Crippen LogP contribution in [-0.4, -0.2) is 35.3 Å². The van der Waals surface area contributed by atoms with E-state index in [0.717, 1.165) is 0 Å². The number of rotatable bonds is 4. The maximum Gasteiger partial charge on any atom is 0.439 e. The fourth-order valence-electron chi connectivity index (χ4n) is 3.53. The summed E-state index contributed by atoms with van der Waals surface area (Å²) in [5.41, 5.74) is 1.77. The van der Waals surface area contributed by atoms with Crippen molar-refractivity contribution in [2.24, 2.45) is 5.92 Å². The number of hydrogen-bond acceptors (Lipinski definition) is 7. The molecule has 5 rings (SSSR count). The number of nitrogens with one attached hydrogen (secondary N) is 2. The molecule has 0 aliphatic carbocycles. The summed E-state index contributed by atoms with van der Waals surface area (Å²) in [5.74, 6) is -0.0867. The van der Waals surface area contributed by atoms with Gasteiger partial charge in [0.2, 0.25) is 18.6 Å². The Kier molecular flexibility index (Phi) is 4.24. The number of nitrogens with zero attached hydrogens (tertiary/aromatic N) is 2. The first-order chi connectivity index (χ1) is 14.6. The molecule has 1 saturated heterocycles. The molecule has 2 amide bonds. The molecule has 0 radical (unpaired) electrons. The van der Waals surface area contributed by atoms with Gasteiger partial charge in [0.05, 0.1) is 5.92 Å². The molecule has 0 spiro atoms. The van der Waals surface area contributed by atoms with E-state index < -0.39 is 11.7 Å². The fraction of sp³-hybridized carbons (Fsp3) is 0.200. The minimum Gasteiger partial charge on any atom is -0.454 e. The zero-order valence-corrected chi connectivity index (χ0v) is 15.6. The van der Waals surface area contributed by atoms with Crippen LogP contribution in [0.25, 0.3) is 11.4 Å². The predicted octanol–water partition coefficient (Wildman–Crippen LogP) is 1.75.